The molecule has 1 aromatic heterocycles. The van der Waals surface area contributed by atoms with Gasteiger partial charge in [-0.1, -0.05) is 12.1 Å². The number of aromatic nitrogens is 2. The van der Waals surface area contributed by atoms with Crippen LogP contribution in [-0.4, -0.2) is 44.6 Å². The lowest BCUT2D eigenvalue weighted by molar-refractivity contribution is -0.144. The highest BCUT2D eigenvalue weighted by molar-refractivity contribution is 5.99. The summed E-state index contributed by atoms with van der Waals surface area (Å²) in [5, 5.41) is 20.9. The summed E-state index contributed by atoms with van der Waals surface area (Å²) in [7, 11) is 0. The molecule has 1 fully saturated rings. The fraction of sp³-hybridized carbons (Fsp3) is 0.250. The van der Waals surface area contributed by atoms with Crippen molar-refractivity contribution in [2.45, 2.75) is 25.0 Å². The number of halogens is 1. The van der Waals surface area contributed by atoms with E-state index in [0.717, 1.165) is 10.9 Å². The number of nitrogens with one attached hydrogen (secondary N) is 2. The van der Waals surface area contributed by atoms with Gasteiger partial charge in [0.15, 0.2) is 6.10 Å². The number of carbonyl (C=O) groups is 2. The summed E-state index contributed by atoms with van der Waals surface area (Å²) < 4.78 is 13.1. The number of hydrogen-bond donors (Lipinski definition) is 3. The number of fused-ring (bicyclic) bond motifs is 1. The second-order valence-electron chi connectivity index (χ2n) is 6.81. The van der Waals surface area contributed by atoms with Crippen molar-refractivity contribution in [3.05, 3.63) is 60.0 Å². The number of hydrogen-bond acceptors (Lipinski definition) is 4. The van der Waals surface area contributed by atoms with Crippen molar-refractivity contribution in [1.82, 2.24) is 15.1 Å². The van der Waals surface area contributed by atoms with Gasteiger partial charge in [-0.3, -0.25) is 14.7 Å². The van der Waals surface area contributed by atoms with Crippen molar-refractivity contribution in [2.24, 2.45) is 0 Å². The normalized spacial score (nSPS) is 17.6. The van der Waals surface area contributed by atoms with Gasteiger partial charge in [-0.05, 0) is 48.7 Å². The second-order valence-corrected chi connectivity index (χ2v) is 6.81. The molecule has 2 aromatic carbocycles. The first-order chi connectivity index (χ1) is 13.5. The topological polar surface area (TPSA) is 98.3 Å². The molecular formula is C20H19FN4O3. The van der Waals surface area contributed by atoms with Crippen LogP contribution >= 0.6 is 0 Å². The molecule has 0 spiro atoms. The summed E-state index contributed by atoms with van der Waals surface area (Å²) in [6.45, 7) is 0.385. The number of aliphatic hydroxyl groups excluding tert-OH is 1. The van der Waals surface area contributed by atoms with Gasteiger partial charge in [0.05, 0.1) is 11.7 Å². The van der Waals surface area contributed by atoms with Crippen LogP contribution in [-0.2, 0) is 9.59 Å². The molecule has 0 bridgehead atoms. The Hall–Kier alpha value is -3.26. The van der Waals surface area contributed by atoms with Gasteiger partial charge in [0.1, 0.15) is 11.9 Å². The molecule has 0 aliphatic carbocycles. The number of anilines is 1. The predicted molar refractivity (Wildman–Crippen MR) is 101 cm³/mol. The molecule has 3 aromatic rings. The van der Waals surface area contributed by atoms with E-state index in [-0.39, 0.29) is 5.91 Å². The van der Waals surface area contributed by atoms with Crippen LogP contribution in [0.3, 0.4) is 0 Å². The van der Waals surface area contributed by atoms with E-state index in [0.29, 0.717) is 30.6 Å². The fourth-order valence-corrected chi connectivity index (χ4v) is 3.49. The van der Waals surface area contributed by atoms with Crippen LogP contribution in [0.1, 0.15) is 24.5 Å². The zero-order valence-corrected chi connectivity index (χ0v) is 14.9. The number of likely N-dealkylation sites (tertiary alicyclic amines) is 1. The Morgan fingerprint density at radius 3 is 2.82 bits per heavy atom. The van der Waals surface area contributed by atoms with Crippen LogP contribution in [0.5, 0.6) is 0 Å². The van der Waals surface area contributed by atoms with Crippen LogP contribution in [0.4, 0.5) is 10.1 Å². The molecule has 1 saturated heterocycles. The predicted octanol–water partition coefficient (Wildman–Crippen LogP) is 2.37. The quantitative estimate of drug-likeness (QED) is 0.645. The molecule has 1 aliphatic rings. The molecule has 2 amide bonds. The van der Waals surface area contributed by atoms with Crippen LogP contribution in [0, 0.1) is 5.82 Å². The summed E-state index contributed by atoms with van der Waals surface area (Å²) in [5.41, 5.74) is 1.76. The molecular weight excluding hydrogens is 363 g/mol. The van der Waals surface area contributed by atoms with Crippen molar-refractivity contribution in [3.63, 3.8) is 0 Å². The van der Waals surface area contributed by atoms with E-state index in [1.807, 2.05) is 6.07 Å². The minimum absolute atomic E-state index is 0.294. The maximum absolute atomic E-state index is 13.1. The van der Waals surface area contributed by atoms with Gasteiger partial charge in [0.2, 0.25) is 5.91 Å². The molecule has 144 valence electrons. The highest BCUT2D eigenvalue weighted by Gasteiger charge is 2.37. The summed E-state index contributed by atoms with van der Waals surface area (Å²) in [5.74, 6) is -1.31. The lowest BCUT2D eigenvalue weighted by Gasteiger charge is -2.26. The number of H-pyrrole nitrogens is 1. The van der Waals surface area contributed by atoms with E-state index < -0.39 is 23.9 Å². The highest BCUT2D eigenvalue weighted by Crippen LogP contribution is 2.25. The molecule has 3 N–H and O–H groups in total. The van der Waals surface area contributed by atoms with Crippen molar-refractivity contribution in [2.75, 3.05) is 11.9 Å². The van der Waals surface area contributed by atoms with E-state index >= 15 is 0 Å². The van der Waals surface area contributed by atoms with Gasteiger partial charge in [0, 0.05) is 17.6 Å². The molecule has 0 radical (unpaired) electrons. The zero-order chi connectivity index (χ0) is 19.7. The monoisotopic (exact) mass is 382 g/mol. The SMILES string of the molecule is O=C(Nc1ccc2[nH]ncc2c1)[C@H]1CCCN1C(=O)C(O)c1ccc(F)cc1. The lowest BCUT2D eigenvalue weighted by atomic mass is 10.1. The number of benzene rings is 2. The third-order valence-electron chi connectivity index (χ3n) is 4.97. The first-order valence-electron chi connectivity index (χ1n) is 9.01. The number of aliphatic hydroxyl groups is 1. The third kappa shape index (κ3) is 3.46. The van der Waals surface area contributed by atoms with Gasteiger partial charge in [-0.25, -0.2) is 4.39 Å². The Morgan fingerprint density at radius 2 is 2.04 bits per heavy atom. The summed E-state index contributed by atoms with van der Waals surface area (Å²) in [4.78, 5) is 26.9. The van der Waals surface area contributed by atoms with Crippen LogP contribution < -0.4 is 5.32 Å². The third-order valence-corrected chi connectivity index (χ3v) is 4.97. The smallest absolute Gasteiger partial charge is 0.256 e. The van der Waals surface area contributed by atoms with Crippen molar-refractivity contribution >= 4 is 28.4 Å². The van der Waals surface area contributed by atoms with Gasteiger partial charge in [0.25, 0.3) is 5.91 Å². The summed E-state index contributed by atoms with van der Waals surface area (Å²) in [6.07, 6.45) is 1.41. The van der Waals surface area contributed by atoms with Crippen LogP contribution in [0.25, 0.3) is 10.9 Å². The van der Waals surface area contributed by atoms with E-state index in [1.54, 1.807) is 18.3 Å². The minimum Gasteiger partial charge on any atom is -0.378 e. The number of carbonyl (C=O) groups excluding carboxylic acids is 2. The summed E-state index contributed by atoms with van der Waals surface area (Å²) in [6, 6.07) is 9.80. The average molecular weight is 382 g/mol. The molecule has 1 aliphatic heterocycles. The van der Waals surface area contributed by atoms with E-state index in [4.69, 9.17) is 0 Å². The minimum atomic E-state index is -1.43. The Kier molecular flexibility index (Phi) is 4.79. The average Bonchev–Trinajstić information content (AvgIpc) is 3.36. The fourth-order valence-electron chi connectivity index (χ4n) is 3.49. The lowest BCUT2D eigenvalue weighted by Crippen LogP contribution is -2.45. The maximum Gasteiger partial charge on any atom is 0.256 e. The van der Waals surface area contributed by atoms with Gasteiger partial charge >= 0.3 is 0 Å². The molecule has 7 nitrogen and oxygen atoms in total. The first-order valence-corrected chi connectivity index (χ1v) is 9.01. The molecule has 4 rings (SSSR count). The van der Waals surface area contributed by atoms with Crippen molar-refractivity contribution < 1.29 is 19.1 Å². The number of rotatable bonds is 4. The van der Waals surface area contributed by atoms with E-state index in [1.165, 1.54) is 29.2 Å². The molecule has 1 unspecified atom stereocenters. The molecule has 2 atom stereocenters. The van der Waals surface area contributed by atoms with Crippen molar-refractivity contribution in [3.8, 4) is 0 Å². The largest absolute Gasteiger partial charge is 0.378 e. The van der Waals surface area contributed by atoms with Gasteiger partial charge < -0.3 is 15.3 Å². The Labute approximate surface area is 160 Å². The van der Waals surface area contributed by atoms with Crippen molar-refractivity contribution in [1.29, 1.82) is 0 Å². The zero-order valence-electron chi connectivity index (χ0n) is 14.9. The summed E-state index contributed by atoms with van der Waals surface area (Å²) >= 11 is 0. The second kappa shape index (κ2) is 7.40. The number of amides is 2. The first kappa shape index (κ1) is 18.1. The number of nitrogens with zero attached hydrogens (tertiary/aromatic N) is 2. The number of aromatic amines is 1. The maximum atomic E-state index is 13.1. The van der Waals surface area contributed by atoms with E-state index in [9.17, 15) is 19.1 Å². The Balaban J connectivity index is 1.48. The Bertz CT molecular complexity index is 1020. The van der Waals surface area contributed by atoms with Crippen LogP contribution in [0.15, 0.2) is 48.7 Å². The standard InChI is InChI=1S/C20H19FN4O3/c21-14-5-3-12(4-6-14)18(26)20(28)25-9-1-2-17(25)19(27)23-15-7-8-16-13(10-15)11-22-24-16/h3-8,10-11,17-18,26H,1-2,9H2,(H,22,24)(H,23,27)/t17-,18?/m1/s1. The molecule has 8 heteroatoms. The van der Waals surface area contributed by atoms with E-state index in [2.05, 4.69) is 15.5 Å². The van der Waals surface area contributed by atoms with Gasteiger partial charge in [-0.15, -0.1) is 0 Å². The highest BCUT2D eigenvalue weighted by atomic mass is 19.1. The molecule has 2 heterocycles. The molecule has 28 heavy (non-hydrogen) atoms. The van der Waals surface area contributed by atoms with Gasteiger partial charge in [-0.2, -0.15) is 5.10 Å². The Morgan fingerprint density at radius 1 is 1.25 bits per heavy atom. The van der Waals surface area contributed by atoms with Crippen LogP contribution in [0.2, 0.25) is 0 Å². The molecule has 0 saturated carbocycles.